The van der Waals surface area contributed by atoms with Crippen molar-refractivity contribution in [1.82, 2.24) is 0 Å². The van der Waals surface area contributed by atoms with Gasteiger partial charge in [-0.2, -0.15) is 0 Å². The van der Waals surface area contributed by atoms with E-state index in [1.807, 2.05) is 13.8 Å². The van der Waals surface area contributed by atoms with E-state index in [0.29, 0.717) is 6.61 Å². The molecule has 0 spiro atoms. The summed E-state index contributed by atoms with van der Waals surface area (Å²) in [6.45, 7) is 15.4. The molecule has 0 radical (unpaired) electrons. The van der Waals surface area contributed by atoms with Gasteiger partial charge in [-0.25, -0.2) is 0 Å². The SMILES string of the molecule is CC1(C)O[C@H]([C@H](O)CN)[C@@H]([C@@H](Br)CO[Si](C)(C)C(C)(C)C)O1. The third-order valence-corrected chi connectivity index (χ3v) is 9.84. The number of alkyl halides is 1. The molecule has 1 rings (SSSR count). The number of aliphatic hydroxyl groups is 1. The second-order valence-electron chi connectivity index (χ2n) is 7.96. The minimum atomic E-state index is -1.83. The molecule has 1 aliphatic rings. The van der Waals surface area contributed by atoms with Gasteiger partial charge in [0.15, 0.2) is 14.1 Å². The summed E-state index contributed by atoms with van der Waals surface area (Å²) < 4.78 is 18.0. The van der Waals surface area contributed by atoms with Gasteiger partial charge in [-0.3, -0.25) is 0 Å². The number of rotatable bonds is 6. The minimum Gasteiger partial charge on any atom is -0.416 e. The number of ether oxygens (including phenoxy) is 2. The minimum absolute atomic E-state index is 0.0606. The van der Waals surface area contributed by atoms with Crippen LogP contribution in [0.15, 0.2) is 0 Å². The molecule has 7 heteroatoms. The molecule has 0 unspecified atom stereocenters. The fourth-order valence-corrected chi connectivity index (χ4v) is 3.94. The maximum absolute atomic E-state index is 10.1. The summed E-state index contributed by atoms with van der Waals surface area (Å²) in [5.74, 6) is -0.728. The Kier molecular flexibility index (Phi) is 6.69. The first-order chi connectivity index (χ1) is 9.81. The van der Waals surface area contributed by atoms with Crippen LogP contribution < -0.4 is 5.73 Å². The van der Waals surface area contributed by atoms with Crippen molar-refractivity contribution >= 4 is 24.2 Å². The number of hydrogen-bond donors (Lipinski definition) is 2. The van der Waals surface area contributed by atoms with Crippen LogP contribution in [0.5, 0.6) is 0 Å². The van der Waals surface area contributed by atoms with E-state index in [1.54, 1.807) is 0 Å². The van der Waals surface area contributed by atoms with Crippen LogP contribution in [0.4, 0.5) is 0 Å². The summed E-state index contributed by atoms with van der Waals surface area (Å²) >= 11 is 3.65. The maximum Gasteiger partial charge on any atom is 0.192 e. The molecule has 3 N–H and O–H groups in total. The second-order valence-corrected chi connectivity index (χ2v) is 13.9. The zero-order chi connectivity index (χ0) is 17.3. The fraction of sp³-hybridized carbons (Fsp3) is 1.00. The summed E-state index contributed by atoms with van der Waals surface area (Å²) in [5, 5.41) is 10.2. The zero-order valence-corrected chi connectivity index (χ0v) is 17.4. The quantitative estimate of drug-likeness (QED) is 0.532. The Labute approximate surface area is 144 Å². The first-order valence-corrected chi connectivity index (χ1v) is 11.6. The molecule has 0 aromatic rings. The van der Waals surface area contributed by atoms with E-state index in [9.17, 15) is 5.11 Å². The molecule has 1 aliphatic heterocycles. The second kappa shape index (κ2) is 7.17. The van der Waals surface area contributed by atoms with Crippen molar-refractivity contribution in [1.29, 1.82) is 0 Å². The molecule has 0 amide bonds. The average molecular weight is 398 g/mol. The van der Waals surface area contributed by atoms with Gasteiger partial charge in [0.2, 0.25) is 0 Å². The van der Waals surface area contributed by atoms with Crippen molar-refractivity contribution < 1.29 is 19.0 Å². The Morgan fingerprint density at radius 2 is 1.77 bits per heavy atom. The van der Waals surface area contributed by atoms with Crippen LogP contribution in [-0.4, -0.2) is 55.5 Å². The topological polar surface area (TPSA) is 73.9 Å². The fourth-order valence-electron chi connectivity index (χ4n) is 2.13. The Balaban J connectivity index is 2.73. The molecule has 1 fully saturated rings. The van der Waals surface area contributed by atoms with E-state index in [0.717, 1.165) is 0 Å². The Bertz CT molecular complexity index is 373. The maximum atomic E-state index is 10.1. The van der Waals surface area contributed by atoms with Gasteiger partial charge in [0.05, 0.1) is 10.9 Å². The van der Waals surface area contributed by atoms with Crippen LogP contribution in [0.1, 0.15) is 34.6 Å². The third kappa shape index (κ3) is 4.99. The van der Waals surface area contributed by atoms with Gasteiger partial charge in [0.1, 0.15) is 12.2 Å². The van der Waals surface area contributed by atoms with Crippen LogP contribution >= 0.6 is 15.9 Å². The lowest BCUT2D eigenvalue weighted by molar-refractivity contribution is -0.154. The van der Waals surface area contributed by atoms with Crippen molar-refractivity contribution in [2.75, 3.05) is 13.2 Å². The summed E-state index contributed by atoms with van der Waals surface area (Å²) in [4.78, 5) is -0.0606. The van der Waals surface area contributed by atoms with Gasteiger partial charge in [-0.05, 0) is 32.0 Å². The average Bonchev–Trinajstić information content (AvgIpc) is 2.70. The number of aliphatic hydroxyl groups excluding tert-OH is 1. The van der Waals surface area contributed by atoms with Crippen LogP contribution in [0.25, 0.3) is 0 Å². The predicted octanol–water partition coefficient (Wildman–Crippen LogP) is 2.61. The summed E-state index contributed by atoms with van der Waals surface area (Å²) in [6.07, 6.45) is -1.49. The van der Waals surface area contributed by atoms with Gasteiger partial charge in [-0.1, -0.05) is 36.7 Å². The highest BCUT2D eigenvalue weighted by Gasteiger charge is 2.48. The Morgan fingerprint density at radius 3 is 2.23 bits per heavy atom. The van der Waals surface area contributed by atoms with Crippen molar-refractivity contribution in [2.24, 2.45) is 5.73 Å². The van der Waals surface area contributed by atoms with Crippen LogP contribution in [0, 0.1) is 0 Å². The number of nitrogens with two attached hydrogens (primary N) is 1. The molecule has 22 heavy (non-hydrogen) atoms. The molecule has 0 bridgehead atoms. The molecule has 0 aliphatic carbocycles. The van der Waals surface area contributed by atoms with Gasteiger partial charge in [-0.15, -0.1) is 0 Å². The summed E-state index contributed by atoms with van der Waals surface area (Å²) in [5.41, 5.74) is 5.58. The molecule has 0 aromatic heterocycles. The van der Waals surface area contributed by atoms with Crippen molar-refractivity contribution in [3.63, 3.8) is 0 Å². The number of hydrogen-bond acceptors (Lipinski definition) is 5. The smallest absolute Gasteiger partial charge is 0.192 e. The van der Waals surface area contributed by atoms with Crippen LogP contribution in [-0.2, 0) is 13.9 Å². The first kappa shape index (κ1) is 20.5. The molecule has 1 saturated heterocycles. The third-order valence-electron chi connectivity index (χ3n) is 4.55. The van der Waals surface area contributed by atoms with Crippen LogP contribution in [0.2, 0.25) is 18.1 Å². The van der Waals surface area contributed by atoms with E-state index in [-0.39, 0.29) is 22.5 Å². The lowest BCUT2D eigenvalue weighted by atomic mass is 10.1. The highest BCUT2D eigenvalue weighted by Crippen LogP contribution is 2.38. The van der Waals surface area contributed by atoms with Gasteiger partial charge >= 0.3 is 0 Å². The molecule has 132 valence electrons. The van der Waals surface area contributed by atoms with Gasteiger partial charge in [0.25, 0.3) is 0 Å². The molecular formula is C15H32BrNO4Si. The number of halogens is 1. The standard InChI is InChI=1S/C15H32BrNO4Si/c1-14(2,3)22(6,7)19-9-10(16)12-13(11(18)8-17)21-15(4,5)20-12/h10-13,18H,8-9,17H2,1-7H3/t10-,11+,12+,13+/m0/s1. The summed E-state index contributed by atoms with van der Waals surface area (Å²) in [6, 6.07) is 0. The highest BCUT2D eigenvalue weighted by atomic mass is 79.9. The Morgan fingerprint density at radius 1 is 1.27 bits per heavy atom. The van der Waals surface area contributed by atoms with E-state index >= 15 is 0 Å². The summed E-state index contributed by atoms with van der Waals surface area (Å²) in [7, 11) is -1.83. The van der Waals surface area contributed by atoms with Gasteiger partial charge < -0.3 is 24.7 Å². The largest absolute Gasteiger partial charge is 0.416 e. The Hall–Kier alpha value is 0.497. The van der Waals surface area contributed by atoms with E-state index in [2.05, 4.69) is 49.8 Å². The van der Waals surface area contributed by atoms with Crippen LogP contribution in [0.3, 0.4) is 0 Å². The van der Waals surface area contributed by atoms with Crippen molar-refractivity contribution in [3.05, 3.63) is 0 Å². The van der Waals surface area contributed by atoms with Crippen molar-refractivity contribution in [2.45, 2.75) is 81.7 Å². The van der Waals surface area contributed by atoms with Crippen molar-refractivity contribution in [3.8, 4) is 0 Å². The van der Waals surface area contributed by atoms with E-state index < -0.39 is 26.3 Å². The van der Waals surface area contributed by atoms with Gasteiger partial charge in [0, 0.05) is 13.2 Å². The molecular weight excluding hydrogens is 366 g/mol. The monoisotopic (exact) mass is 397 g/mol. The predicted molar refractivity (Wildman–Crippen MR) is 94.8 cm³/mol. The molecule has 4 atom stereocenters. The lowest BCUT2D eigenvalue weighted by Crippen LogP contribution is -2.47. The first-order valence-electron chi connectivity index (χ1n) is 7.82. The zero-order valence-electron chi connectivity index (χ0n) is 14.9. The van der Waals surface area contributed by atoms with E-state index in [4.69, 9.17) is 19.6 Å². The molecule has 0 aromatic carbocycles. The lowest BCUT2D eigenvalue weighted by Gasteiger charge is -2.37. The molecule has 0 saturated carbocycles. The molecule has 1 heterocycles. The normalized spacial score (nSPS) is 28.6. The highest BCUT2D eigenvalue weighted by molar-refractivity contribution is 9.09. The molecule has 5 nitrogen and oxygen atoms in total. The van der Waals surface area contributed by atoms with E-state index in [1.165, 1.54) is 0 Å².